The van der Waals surface area contributed by atoms with Crippen LogP contribution in [-0.4, -0.2) is 76.2 Å². The maximum atomic E-state index is 13.0. The van der Waals surface area contributed by atoms with Crippen molar-refractivity contribution in [3.05, 3.63) is 47.5 Å². The van der Waals surface area contributed by atoms with Crippen LogP contribution in [0.5, 0.6) is 23.0 Å². The van der Waals surface area contributed by atoms with E-state index in [0.717, 1.165) is 0 Å². The summed E-state index contributed by atoms with van der Waals surface area (Å²) >= 11 is 0. The number of hydrogen-bond acceptors (Lipinski definition) is 6. The van der Waals surface area contributed by atoms with Crippen molar-refractivity contribution in [2.75, 3.05) is 54.6 Å². The fourth-order valence-electron chi connectivity index (χ4n) is 3.40. The second-order valence-electron chi connectivity index (χ2n) is 6.72. The van der Waals surface area contributed by atoms with E-state index in [2.05, 4.69) is 0 Å². The smallest absolute Gasteiger partial charge is 0.257 e. The minimum Gasteiger partial charge on any atom is -0.497 e. The predicted octanol–water partition coefficient (Wildman–Crippen LogP) is 2.32. The average molecular weight is 414 g/mol. The minimum absolute atomic E-state index is 0.136. The fourth-order valence-corrected chi connectivity index (χ4v) is 3.40. The fraction of sp³-hybridized carbons (Fsp3) is 0.364. The second-order valence-corrected chi connectivity index (χ2v) is 6.72. The molecule has 1 saturated heterocycles. The number of carbonyl (C=O) groups excluding carboxylic acids is 2. The predicted molar refractivity (Wildman–Crippen MR) is 111 cm³/mol. The first-order chi connectivity index (χ1) is 14.5. The largest absolute Gasteiger partial charge is 0.497 e. The van der Waals surface area contributed by atoms with Crippen molar-refractivity contribution in [1.29, 1.82) is 0 Å². The monoisotopic (exact) mass is 414 g/mol. The van der Waals surface area contributed by atoms with Gasteiger partial charge in [-0.3, -0.25) is 9.59 Å². The van der Waals surface area contributed by atoms with Crippen molar-refractivity contribution in [3.8, 4) is 23.0 Å². The van der Waals surface area contributed by atoms with Gasteiger partial charge in [-0.25, -0.2) is 0 Å². The molecule has 0 unspecified atom stereocenters. The zero-order chi connectivity index (χ0) is 21.7. The summed E-state index contributed by atoms with van der Waals surface area (Å²) in [4.78, 5) is 29.4. The molecule has 0 atom stereocenters. The third kappa shape index (κ3) is 4.27. The van der Waals surface area contributed by atoms with Crippen LogP contribution in [0.25, 0.3) is 0 Å². The zero-order valence-corrected chi connectivity index (χ0v) is 17.6. The molecule has 30 heavy (non-hydrogen) atoms. The highest BCUT2D eigenvalue weighted by atomic mass is 16.5. The molecule has 0 bridgehead atoms. The van der Waals surface area contributed by atoms with Crippen LogP contribution in [0.1, 0.15) is 20.7 Å². The molecule has 0 radical (unpaired) electrons. The maximum absolute atomic E-state index is 13.0. The Kier molecular flexibility index (Phi) is 6.66. The number of piperazine rings is 1. The Labute approximate surface area is 175 Å². The summed E-state index contributed by atoms with van der Waals surface area (Å²) in [5, 5.41) is 0. The molecule has 1 aliphatic rings. The van der Waals surface area contributed by atoms with Gasteiger partial charge in [0, 0.05) is 38.3 Å². The molecular formula is C22H26N2O6. The molecule has 3 rings (SSSR count). The van der Waals surface area contributed by atoms with E-state index in [1.807, 2.05) is 0 Å². The lowest BCUT2D eigenvalue weighted by atomic mass is 10.1. The molecule has 8 heteroatoms. The number of ether oxygens (including phenoxy) is 4. The van der Waals surface area contributed by atoms with Gasteiger partial charge >= 0.3 is 0 Å². The van der Waals surface area contributed by atoms with E-state index in [-0.39, 0.29) is 11.8 Å². The molecule has 0 spiro atoms. The SMILES string of the molecule is COc1ccc(C(=O)N2CCN(C(=O)c3ccc(OC)cc3OC)CC2)c(OC)c1. The summed E-state index contributed by atoms with van der Waals surface area (Å²) in [7, 11) is 6.16. The molecule has 1 aliphatic heterocycles. The van der Waals surface area contributed by atoms with Gasteiger partial charge in [0.25, 0.3) is 11.8 Å². The summed E-state index contributed by atoms with van der Waals surface area (Å²) in [5.41, 5.74) is 0.935. The average Bonchev–Trinajstić information content (AvgIpc) is 2.82. The van der Waals surface area contributed by atoms with Gasteiger partial charge in [0.1, 0.15) is 23.0 Å². The summed E-state index contributed by atoms with van der Waals surface area (Å²) in [5.74, 6) is 1.88. The highest BCUT2D eigenvalue weighted by Crippen LogP contribution is 2.28. The standard InChI is InChI=1S/C22H26N2O6/c1-27-15-5-7-17(19(13-15)29-3)21(25)23-9-11-24(12-10-23)22(26)18-8-6-16(28-2)14-20(18)30-4/h5-8,13-14H,9-12H2,1-4H3. The van der Waals surface area contributed by atoms with Crippen LogP contribution in [0.15, 0.2) is 36.4 Å². The lowest BCUT2D eigenvalue weighted by Crippen LogP contribution is -2.50. The highest BCUT2D eigenvalue weighted by molar-refractivity contribution is 5.99. The number of carbonyl (C=O) groups is 2. The number of rotatable bonds is 6. The number of hydrogen-bond donors (Lipinski definition) is 0. The topological polar surface area (TPSA) is 77.5 Å². The zero-order valence-electron chi connectivity index (χ0n) is 17.6. The maximum Gasteiger partial charge on any atom is 0.257 e. The van der Waals surface area contributed by atoms with Crippen LogP contribution < -0.4 is 18.9 Å². The Morgan fingerprint density at radius 1 is 0.633 bits per heavy atom. The summed E-state index contributed by atoms with van der Waals surface area (Å²) in [6.07, 6.45) is 0. The lowest BCUT2D eigenvalue weighted by Gasteiger charge is -2.35. The summed E-state index contributed by atoms with van der Waals surface area (Å²) in [6, 6.07) is 10.2. The normalized spacial score (nSPS) is 13.6. The first-order valence-electron chi connectivity index (χ1n) is 9.55. The molecular weight excluding hydrogens is 388 g/mol. The number of methoxy groups -OCH3 is 4. The second kappa shape index (κ2) is 9.39. The number of amides is 2. The minimum atomic E-state index is -0.136. The van der Waals surface area contributed by atoms with Crippen LogP contribution in [0.2, 0.25) is 0 Å². The first-order valence-corrected chi connectivity index (χ1v) is 9.55. The molecule has 0 N–H and O–H groups in total. The highest BCUT2D eigenvalue weighted by Gasteiger charge is 2.28. The Hall–Kier alpha value is -3.42. The Morgan fingerprint density at radius 3 is 1.30 bits per heavy atom. The van der Waals surface area contributed by atoms with E-state index in [1.54, 1.807) is 60.4 Å². The van der Waals surface area contributed by atoms with Crippen molar-refractivity contribution in [3.63, 3.8) is 0 Å². The quantitative estimate of drug-likeness (QED) is 0.722. The molecule has 1 heterocycles. The van der Waals surface area contributed by atoms with Gasteiger partial charge in [0.05, 0.1) is 39.6 Å². The van der Waals surface area contributed by atoms with Gasteiger partial charge in [0.2, 0.25) is 0 Å². The van der Waals surface area contributed by atoms with Gasteiger partial charge in [-0.2, -0.15) is 0 Å². The van der Waals surface area contributed by atoms with Crippen molar-refractivity contribution < 1.29 is 28.5 Å². The van der Waals surface area contributed by atoms with Crippen LogP contribution >= 0.6 is 0 Å². The molecule has 0 aromatic heterocycles. The molecule has 2 aromatic carbocycles. The van der Waals surface area contributed by atoms with Crippen LogP contribution in [0, 0.1) is 0 Å². The molecule has 2 aromatic rings. The lowest BCUT2D eigenvalue weighted by molar-refractivity contribution is 0.0531. The van der Waals surface area contributed by atoms with Gasteiger partial charge < -0.3 is 28.7 Å². The van der Waals surface area contributed by atoms with E-state index in [9.17, 15) is 9.59 Å². The van der Waals surface area contributed by atoms with Crippen molar-refractivity contribution in [2.24, 2.45) is 0 Å². The van der Waals surface area contributed by atoms with Crippen LogP contribution in [-0.2, 0) is 0 Å². The van der Waals surface area contributed by atoms with Gasteiger partial charge in [-0.1, -0.05) is 0 Å². The number of benzene rings is 2. The molecule has 0 aliphatic carbocycles. The molecule has 2 amide bonds. The molecule has 160 valence electrons. The third-order valence-corrected chi connectivity index (χ3v) is 5.13. The Morgan fingerprint density at radius 2 is 1.00 bits per heavy atom. The van der Waals surface area contributed by atoms with E-state index < -0.39 is 0 Å². The van der Waals surface area contributed by atoms with Crippen LogP contribution in [0.3, 0.4) is 0 Å². The van der Waals surface area contributed by atoms with E-state index in [4.69, 9.17) is 18.9 Å². The first kappa shape index (κ1) is 21.3. The van der Waals surface area contributed by atoms with E-state index >= 15 is 0 Å². The molecule has 1 fully saturated rings. The third-order valence-electron chi connectivity index (χ3n) is 5.13. The molecule has 0 saturated carbocycles. The Balaban J connectivity index is 1.69. The summed E-state index contributed by atoms with van der Waals surface area (Å²) in [6.45, 7) is 1.72. The van der Waals surface area contributed by atoms with E-state index in [0.29, 0.717) is 60.3 Å². The van der Waals surface area contributed by atoms with Crippen molar-refractivity contribution in [1.82, 2.24) is 9.80 Å². The number of nitrogens with zero attached hydrogens (tertiary/aromatic N) is 2. The molecule has 8 nitrogen and oxygen atoms in total. The Bertz CT molecular complexity index is 846. The van der Waals surface area contributed by atoms with Crippen molar-refractivity contribution in [2.45, 2.75) is 0 Å². The van der Waals surface area contributed by atoms with Gasteiger partial charge in [-0.15, -0.1) is 0 Å². The van der Waals surface area contributed by atoms with Crippen molar-refractivity contribution >= 4 is 11.8 Å². The van der Waals surface area contributed by atoms with Gasteiger partial charge in [-0.05, 0) is 24.3 Å². The van der Waals surface area contributed by atoms with Gasteiger partial charge in [0.15, 0.2) is 0 Å². The summed E-state index contributed by atoms with van der Waals surface area (Å²) < 4.78 is 21.1. The van der Waals surface area contributed by atoms with E-state index in [1.165, 1.54) is 14.2 Å². The van der Waals surface area contributed by atoms with Crippen LogP contribution in [0.4, 0.5) is 0 Å².